The molecule has 2 aromatic heterocycles. The van der Waals surface area contributed by atoms with Gasteiger partial charge in [0, 0.05) is 25.9 Å². The molecule has 7 nitrogen and oxygen atoms in total. The molecule has 118 valence electrons. The van der Waals surface area contributed by atoms with Crippen LogP contribution in [0.2, 0.25) is 0 Å². The maximum absolute atomic E-state index is 12.3. The number of hydrogen-bond acceptors (Lipinski definition) is 7. The van der Waals surface area contributed by atoms with E-state index in [1.165, 1.54) is 11.8 Å². The fourth-order valence-corrected chi connectivity index (χ4v) is 4.22. The number of nitrogens with zero attached hydrogens (tertiary/aromatic N) is 5. The number of hydrogen-bond donors (Lipinski definition) is 0. The predicted molar refractivity (Wildman–Crippen MR) is 84.6 cm³/mol. The third-order valence-electron chi connectivity index (χ3n) is 3.46. The first-order valence-electron chi connectivity index (χ1n) is 7.02. The minimum absolute atomic E-state index is 0.133. The number of carbonyl (C=O) groups excluding carboxylic acids is 1. The van der Waals surface area contributed by atoms with Gasteiger partial charge in [0.05, 0.1) is 17.3 Å². The first-order valence-corrected chi connectivity index (χ1v) is 9.05. The van der Waals surface area contributed by atoms with E-state index in [-0.39, 0.29) is 5.91 Å². The van der Waals surface area contributed by atoms with Gasteiger partial charge in [0.15, 0.2) is 0 Å². The average Bonchev–Trinajstić information content (AvgIpc) is 3.12. The van der Waals surface area contributed by atoms with Crippen molar-refractivity contribution in [3.8, 4) is 0 Å². The predicted octanol–water partition coefficient (Wildman–Crippen LogP) is 1.60. The van der Waals surface area contributed by atoms with Crippen LogP contribution in [-0.4, -0.2) is 55.6 Å². The molecule has 1 fully saturated rings. The third kappa shape index (κ3) is 3.64. The highest BCUT2D eigenvalue weighted by Gasteiger charge is 2.23. The van der Waals surface area contributed by atoms with Crippen molar-refractivity contribution in [2.45, 2.75) is 16.8 Å². The normalized spacial score (nSPS) is 19.1. The summed E-state index contributed by atoms with van der Waals surface area (Å²) in [7, 11) is 1.77. The fourth-order valence-electron chi connectivity index (χ4n) is 2.28. The van der Waals surface area contributed by atoms with E-state index in [2.05, 4.69) is 15.5 Å². The Balaban J connectivity index is 1.52. The molecule has 0 aromatic carbocycles. The monoisotopic (exact) mass is 339 g/mol. The lowest BCUT2D eigenvalue weighted by atomic mass is 10.2. The van der Waals surface area contributed by atoms with Crippen LogP contribution in [-0.2, 0) is 11.8 Å². The molecule has 0 bridgehead atoms. The molecule has 1 aliphatic heterocycles. The largest absolute Gasteiger partial charge is 0.468 e. The molecule has 0 aliphatic carbocycles. The Morgan fingerprint density at radius 2 is 2.45 bits per heavy atom. The van der Waals surface area contributed by atoms with Gasteiger partial charge < -0.3 is 9.32 Å². The van der Waals surface area contributed by atoms with E-state index < -0.39 is 0 Å². The number of amides is 1. The van der Waals surface area contributed by atoms with Crippen molar-refractivity contribution in [3.05, 3.63) is 24.2 Å². The second-order valence-corrected chi connectivity index (χ2v) is 7.17. The number of carbonyl (C=O) groups is 1. The quantitative estimate of drug-likeness (QED) is 0.783. The summed E-state index contributed by atoms with van der Waals surface area (Å²) in [4.78, 5) is 14.3. The highest BCUT2D eigenvalue weighted by Crippen LogP contribution is 2.34. The van der Waals surface area contributed by atoms with E-state index in [1.807, 2.05) is 28.8 Å². The second-order valence-electron chi connectivity index (χ2n) is 4.92. The Bertz CT molecular complexity index is 616. The van der Waals surface area contributed by atoms with Crippen molar-refractivity contribution in [1.29, 1.82) is 0 Å². The number of tetrazole rings is 1. The van der Waals surface area contributed by atoms with Gasteiger partial charge in [-0.3, -0.25) is 4.79 Å². The number of aromatic nitrogens is 4. The van der Waals surface area contributed by atoms with Crippen molar-refractivity contribution in [2.75, 3.05) is 24.6 Å². The van der Waals surface area contributed by atoms with Gasteiger partial charge in [-0.2, -0.15) is 0 Å². The molecular weight excluding hydrogens is 322 g/mol. The zero-order valence-corrected chi connectivity index (χ0v) is 13.8. The number of furan rings is 1. The number of aryl methyl sites for hydroxylation is 1. The van der Waals surface area contributed by atoms with Crippen molar-refractivity contribution >= 4 is 29.4 Å². The van der Waals surface area contributed by atoms with Gasteiger partial charge in [-0.25, -0.2) is 4.68 Å². The van der Waals surface area contributed by atoms with Crippen LogP contribution in [0.25, 0.3) is 0 Å². The first-order chi connectivity index (χ1) is 10.7. The van der Waals surface area contributed by atoms with Crippen LogP contribution in [0.3, 0.4) is 0 Å². The van der Waals surface area contributed by atoms with E-state index in [4.69, 9.17) is 4.42 Å². The summed E-state index contributed by atoms with van der Waals surface area (Å²) in [6.45, 7) is 1.53. The van der Waals surface area contributed by atoms with Crippen LogP contribution in [0.4, 0.5) is 0 Å². The maximum Gasteiger partial charge on any atom is 0.233 e. The second kappa shape index (κ2) is 7.19. The lowest BCUT2D eigenvalue weighted by molar-refractivity contribution is -0.128. The lowest BCUT2D eigenvalue weighted by Gasteiger charge is -2.19. The third-order valence-corrected chi connectivity index (χ3v) is 5.74. The molecule has 3 rings (SSSR count). The van der Waals surface area contributed by atoms with E-state index in [0.29, 0.717) is 16.2 Å². The Kier molecular flexibility index (Phi) is 5.04. The van der Waals surface area contributed by atoms with Crippen LogP contribution in [0.1, 0.15) is 17.4 Å². The van der Waals surface area contributed by atoms with Gasteiger partial charge in [-0.15, -0.1) is 16.9 Å². The van der Waals surface area contributed by atoms with E-state index in [0.717, 1.165) is 31.0 Å². The summed E-state index contributed by atoms with van der Waals surface area (Å²) in [6, 6.07) is 3.92. The molecule has 1 atom stereocenters. The number of rotatable bonds is 4. The highest BCUT2D eigenvalue weighted by molar-refractivity contribution is 8.00. The van der Waals surface area contributed by atoms with Crippen molar-refractivity contribution in [1.82, 2.24) is 25.1 Å². The Morgan fingerprint density at radius 3 is 3.18 bits per heavy atom. The summed E-state index contributed by atoms with van der Waals surface area (Å²) < 4.78 is 7.05. The summed E-state index contributed by atoms with van der Waals surface area (Å²) in [5.41, 5.74) is 0. The minimum Gasteiger partial charge on any atom is -0.468 e. The fraction of sp³-hybridized carbons (Fsp3) is 0.538. The summed E-state index contributed by atoms with van der Waals surface area (Å²) in [5, 5.41) is 12.2. The van der Waals surface area contributed by atoms with E-state index in [1.54, 1.807) is 18.0 Å². The lowest BCUT2D eigenvalue weighted by Crippen LogP contribution is -2.34. The molecule has 0 saturated carbocycles. The molecule has 1 amide bonds. The average molecular weight is 339 g/mol. The topological polar surface area (TPSA) is 77.1 Å². The van der Waals surface area contributed by atoms with Crippen molar-refractivity contribution < 1.29 is 9.21 Å². The molecule has 1 aliphatic rings. The van der Waals surface area contributed by atoms with Gasteiger partial charge in [0.25, 0.3) is 0 Å². The highest BCUT2D eigenvalue weighted by atomic mass is 32.2. The molecule has 3 heterocycles. The Labute approximate surface area is 136 Å². The van der Waals surface area contributed by atoms with E-state index >= 15 is 0 Å². The zero-order chi connectivity index (χ0) is 15.4. The van der Waals surface area contributed by atoms with Crippen LogP contribution in [0.15, 0.2) is 28.0 Å². The summed E-state index contributed by atoms with van der Waals surface area (Å²) in [6.07, 6.45) is 2.62. The van der Waals surface area contributed by atoms with Gasteiger partial charge in [-0.1, -0.05) is 11.8 Å². The van der Waals surface area contributed by atoms with Gasteiger partial charge >= 0.3 is 0 Å². The van der Waals surface area contributed by atoms with Crippen LogP contribution < -0.4 is 0 Å². The Hall–Kier alpha value is -1.48. The van der Waals surface area contributed by atoms with E-state index in [9.17, 15) is 4.79 Å². The van der Waals surface area contributed by atoms with Gasteiger partial charge in [0.1, 0.15) is 5.76 Å². The molecule has 0 unspecified atom stereocenters. The van der Waals surface area contributed by atoms with Crippen LogP contribution >= 0.6 is 23.5 Å². The standard InChI is InChI=1S/C13H17N5O2S2/c1-17-13(14-15-16-17)22-9-12(19)18-5-4-11(21-8-6-18)10-3-2-7-20-10/h2-3,7,11H,4-6,8-9H2,1H3/t11-/m1/s1. The smallest absolute Gasteiger partial charge is 0.233 e. The van der Waals surface area contributed by atoms with Crippen molar-refractivity contribution in [2.24, 2.45) is 7.05 Å². The van der Waals surface area contributed by atoms with Crippen LogP contribution in [0, 0.1) is 0 Å². The molecule has 0 spiro atoms. The summed E-state index contributed by atoms with van der Waals surface area (Å²) >= 11 is 3.22. The minimum atomic E-state index is 0.133. The molecule has 0 N–H and O–H groups in total. The SMILES string of the molecule is Cn1nnnc1SCC(=O)N1CCS[C@@H](c2ccco2)CC1. The Morgan fingerprint density at radius 1 is 1.55 bits per heavy atom. The van der Waals surface area contributed by atoms with Crippen LogP contribution in [0.5, 0.6) is 0 Å². The summed E-state index contributed by atoms with van der Waals surface area (Å²) in [5.74, 6) is 2.42. The number of thioether (sulfide) groups is 2. The maximum atomic E-state index is 12.3. The molecule has 2 aromatic rings. The molecule has 22 heavy (non-hydrogen) atoms. The van der Waals surface area contributed by atoms with Gasteiger partial charge in [-0.05, 0) is 29.0 Å². The molecule has 9 heteroatoms. The van der Waals surface area contributed by atoms with Gasteiger partial charge in [0.2, 0.25) is 11.1 Å². The molecule has 0 radical (unpaired) electrons. The molecular formula is C13H17N5O2S2. The zero-order valence-electron chi connectivity index (χ0n) is 12.2. The first kappa shape index (κ1) is 15.4. The van der Waals surface area contributed by atoms with Crippen molar-refractivity contribution in [3.63, 3.8) is 0 Å². The molecule has 1 saturated heterocycles.